The van der Waals surface area contributed by atoms with E-state index in [0.29, 0.717) is 36.2 Å². The average molecular weight is 303 g/mol. The number of hydrogen-bond donors (Lipinski definition) is 1. The Morgan fingerprint density at radius 1 is 1.36 bits per heavy atom. The third-order valence-electron chi connectivity index (χ3n) is 4.72. The molecule has 6 heteroatoms. The second kappa shape index (κ2) is 6.04. The Bertz CT molecular complexity index is 602. The minimum Gasteiger partial charge on any atom is -0.337 e. The Balaban J connectivity index is 1.82. The van der Waals surface area contributed by atoms with E-state index in [2.05, 4.69) is 5.32 Å². The third kappa shape index (κ3) is 2.83. The van der Waals surface area contributed by atoms with Crippen LogP contribution in [0.15, 0.2) is 18.2 Å². The van der Waals surface area contributed by atoms with Crippen LogP contribution < -0.4 is 5.32 Å². The maximum Gasteiger partial charge on any atom is 0.273 e. The van der Waals surface area contributed by atoms with Gasteiger partial charge in [-0.05, 0) is 31.7 Å². The number of benzene rings is 1. The predicted octanol–water partition coefficient (Wildman–Crippen LogP) is 2.12. The van der Waals surface area contributed by atoms with Gasteiger partial charge >= 0.3 is 0 Å². The minimum atomic E-state index is -0.401. The van der Waals surface area contributed by atoms with Gasteiger partial charge in [-0.15, -0.1) is 0 Å². The first-order valence-electron chi connectivity index (χ1n) is 7.91. The van der Waals surface area contributed by atoms with Crippen molar-refractivity contribution < 1.29 is 9.72 Å². The molecule has 0 saturated carbocycles. The monoisotopic (exact) mass is 303 g/mol. The van der Waals surface area contributed by atoms with Gasteiger partial charge in [-0.1, -0.05) is 13.0 Å². The van der Waals surface area contributed by atoms with Crippen molar-refractivity contribution in [3.63, 3.8) is 0 Å². The minimum absolute atomic E-state index is 0.0443. The average Bonchev–Trinajstić information content (AvgIpc) is 2.85. The zero-order valence-electron chi connectivity index (χ0n) is 12.7. The molecule has 1 aromatic rings. The van der Waals surface area contributed by atoms with E-state index in [0.717, 1.165) is 19.4 Å². The van der Waals surface area contributed by atoms with Gasteiger partial charge in [-0.25, -0.2) is 0 Å². The second-order valence-electron chi connectivity index (χ2n) is 6.13. The fraction of sp³-hybridized carbons (Fsp3) is 0.562. The number of likely N-dealkylation sites (tertiary alicyclic amines) is 1. The number of carbonyl (C=O) groups excluding carboxylic acids is 1. The first-order valence-corrected chi connectivity index (χ1v) is 7.91. The van der Waals surface area contributed by atoms with Crippen LogP contribution in [0.2, 0.25) is 0 Å². The number of carbonyl (C=O) groups is 1. The molecule has 0 aromatic heterocycles. The van der Waals surface area contributed by atoms with Crippen molar-refractivity contribution in [2.45, 2.75) is 44.7 Å². The van der Waals surface area contributed by atoms with Crippen LogP contribution in [0.1, 0.15) is 42.1 Å². The maximum atomic E-state index is 12.7. The number of amides is 1. The zero-order chi connectivity index (χ0) is 15.7. The smallest absolute Gasteiger partial charge is 0.273 e. The fourth-order valence-corrected chi connectivity index (χ4v) is 3.48. The van der Waals surface area contributed by atoms with Gasteiger partial charge in [-0.2, -0.15) is 0 Å². The highest BCUT2D eigenvalue weighted by Gasteiger charge is 2.31. The summed E-state index contributed by atoms with van der Waals surface area (Å²) in [5.74, 6) is -0.0971. The third-order valence-corrected chi connectivity index (χ3v) is 4.72. The van der Waals surface area contributed by atoms with E-state index >= 15 is 0 Å². The Labute approximate surface area is 129 Å². The maximum absolute atomic E-state index is 12.7. The van der Waals surface area contributed by atoms with Crippen LogP contribution in [0.4, 0.5) is 5.69 Å². The molecule has 2 heterocycles. The van der Waals surface area contributed by atoms with Gasteiger partial charge in [0.05, 0.1) is 4.92 Å². The molecule has 0 radical (unpaired) electrons. The molecule has 3 rings (SSSR count). The normalized spacial score (nSPS) is 24.1. The molecule has 0 spiro atoms. The van der Waals surface area contributed by atoms with Crippen molar-refractivity contribution in [3.05, 3.63) is 39.4 Å². The number of nitro groups is 1. The summed E-state index contributed by atoms with van der Waals surface area (Å²) in [6.07, 6.45) is 3.83. The van der Waals surface area contributed by atoms with E-state index in [1.165, 1.54) is 12.5 Å². The van der Waals surface area contributed by atoms with Crippen LogP contribution in [0.25, 0.3) is 0 Å². The molecule has 1 aromatic carbocycles. The summed E-state index contributed by atoms with van der Waals surface area (Å²) in [5.41, 5.74) is 1.13. The molecule has 2 bridgehead atoms. The van der Waals surface area contributed by atoms with Crippen LogP contribution >= 0.6 is 0 Å². The lowest BCUT2D eigenvalue weighted by Gasteiger charge is -2.24. The van der Waals surface area contributed by atoms with Crippen LogP contribution in [0.3, 0.4) is 0 Å². The highest BCUT2D eigenvalue weighted by atomic mass is 16.6. The quantitative estimate of drug-likeness (QED) is 0.685. The summed E-state index contributed by atoms with van der Waals surface area (Å²) in [6, 6.07) is 5.72. The topological polar surface area (TPSA) is 75.5 Å². The van der Waals surface area contributed by atoms with Crippen LogP contribution in [0.5, 0.6) is 0 Å². The lowest BCUT2D eigenvalue weighted by molar-refractivity contribution is -0.385. The summed E-state index contributed by atoms with van der Waals surface area (Å²) in [4.78, 5) is 25.3. The van der Waals surface area contributed by atoms with Gasteiger partial charge in [0.1, 0.15) is 0 Å². The lowest BCUT2D eigenvalue weighted by atomic mass is 10.0. The summed E-state index contributed by atoms with van der Waals surface area (Å²) in [5, 5.41) is 14.7. The molecule has 2 aliphatic heterocycles. The standard InChI is InChI=1S/C16H21N3O3/c1-2-11-3-4-12(9-15(11)19(21)22)16(20)18-8-7-13-5-6-14(10-18)17-13/h3-4,9,13-14,17H,2,5-8,10H2,1H3. The molecule has 22 heavy (non-hydrogen) atoms. The molecule has 2 fully saturated rings. The number of hydrogen-bond acceptors (Lipinski definition) is 4. The van der Waals surface area contributed by atoms with Gasteiger partial charge in [0, 0.05) is 42.4 Å². The highest BCUT2D eigenvalue weighted by Crippen LogP contribution is 2.24. The van der Waals surface area contributed by atoms with Crippen molar-refractivity contribution in [3.8, 4) is 0 Å². The number of nitro benzene ring substituents is 1. The predicted molar refractivity (Wildman–Crippen MR) is 82.9 cm³/mol. The molecule has 0 aliphatic carbocycles. The molecular formula is C16H21N3O3. The molecule has 1 N–H and O–H groups in total. The second-order valence-corrected chi connectivity index (χ2v) is 6.13. The number of nitrogens with one attached hydrogen (secondary N) is 1. The Morgan fingerprint density at radius 3 is 2.86 bits per heavy atom. The van der Waals surface area contributed by atoms with Crippen molar-refractivity contribution in [2.24, 2.45) is 0 Å². The molecule has 2 atom stereocenters. The molecular weight excluding hydrogens is 282 g/mol. The zero-order valence-corrected chi connectivity index (χ0v) is 12.7. The SMILES string of the molecule is CCc1ccc(C(=O)N2CCC3CCC(C2)N3)cc1[N+](=O)[O-]. The van der Waals surface area contributed by atoms with Gasteiger partial charge in [0.25, 0.3) is 11.6 Å². The van der Waals surface area contributed by atoms with E-state index in [1.807, 2.05) is 11.8 Å². The first kappa shape index (κ1) is 15.0. The molecule has 6 nitrogen and oxygen atoms in total. The van der Waals surface area contributed by atoms with Crippen LogP contribution in [-0.4, -0.2) is 40.9 Å². The number of nitrogens with zero attached hydrogens (tertiary/aromatic N) is 2. The largest absolute Gasteiger partial charge is 0.337 e. The Morgan fingerprint density at radius 2 is 2.14 bits per heavy atom. The van der Waals surface area contributed by atoms with Crippen LogP contribution in [0, 0.1) is 10.1 Å². The van der Waals surface area contributed by atoms with Gasteiger partial charge < -0.3 is 10.2 Å². The number of aryl methyl sites for hydroxylation is 1. The molecule has 2 saturated heterocycles. The molecule has 2 aliphatic rings. The van der Waals surface area contributed by atoms with E-state index in [4.69, 9.17) is 0 Å². The number of fused-ring (bicyclic) bond motifs is 2. The van der Waals surface area contributed by atoms with Crippen molar-refractivity contribution >= 4 is 11.6 Å². The summed E-state index contributed by atoms with van der Waals surface area (Å²) >= 11 is 0. The first-order chi connectivity index (χ1) is 10.6. The van der Waals surface area contributed by atoms with Crippen molar-refractivity contribution in [2.75, 3.05) is 13.1 Å². The van der Waals surface area contributed by atoms with Crippen LogP contribution in [-0.2, 0) is 6.42 Å². The van der Waals surface area contributed by atoms with Gasteiger partial charge in [0.2, 0.25) is 0 Å². The van der Waals surface area contributed by atoms with Crippen molar-refractivity contribution in [1.82, 2.24) is 10.2 Å². The summed E-state index contributed by atoms with van der Waals surface area (Å²) in [7, 11) is 0. The Kier molecular flexibility index (Phi) is 4.11. The number of rotatable bonds is 3. The molecule has 1 amide bonds. The fourth-order valence-electron chi connectivity index (χ4n) is 3.48. The van der Waals surface area contributed by atoms with Gasteiger partial charge in [-0.3, -0.25) is 14.9 Å². The van der Waals surface area contributed by atoms with Crippen molar-refractivity contribution in [1.29, 1.82) is 0 Å². The highest BCUT2D eigenvalue weighted by molar-refractivity contribution is 5.95. The van der Waals surface area contributed by atoms with E-state index in [-0.39, 0.29) is 11.6 Å². The van der Waals surface area contributed by atoms with E-state index < -0.39 is 4.92 Å². The van der Waals surface area contributed by atoms with E-state index in [9.17, 15) is 14.9 Å². The summed E-state index contributed by atoms with van der Waals surface area (Å²) < 4.78 is 0. The Hall–Kier alpha value is -1.95. The summed E-state index contributed by atoms with van der Waals surface area (Å²) in [6.45, 7) is 3.29. The van der Waals surface area contributed by atoms with Gasteiger partial charge in [0.15, 0.2) is 0 Å². The van der Waals surface area contributed by atoms with E-state index in [1.54, 1.807) is 12.1 Å². The molecule has 2 unspecified atom stereocenters. The molecule has 118 valence electrons. The lowest BCUT2D eigenvalue weighted by Crippen LogP contribution is -2.39.